The molecule has 0 aliphatic rings. The summed E-state index contributed by atoms with van der Waals surface area (Å²) in [6, 6.07) is 7.43. The highest BCUT2D eigenvalue weighted by atomic mass is 16.2. The Morgan fingerprint density at radius 2 is 1.88 bits per heavy atom. The van der Waals surface area contributed by atoms with Crippen LogP contribution in [0.15, 0.2) is 48.2 Å². The van der Waals surface area contributed by atoms with Gasteiger partial charge in [0.15, 0.2) is 0 Å². The molecule has 1 aromatic rings. The molecule has 0 saturated carbocycles. The van der Waals surface area contributed by atoms with E-state index in [0.717, 1.165) is 11.4 Å². The summed E-state index contributed by atoms with van der Waals surface area (Å²) in [5.74, 6) is 0. The van der Waals surface area contributed by atoms with Crippen molar-refractivity contribution in [3.05, 3.63) is 53.8 Å². The SMILES string of the molecule is C/C=C\C=C(/C)NC(=O)Nc1ccc(C)cc1. The van der Waals surface area contributed by atoms with Crippen molar-refractivity contribution in [3.63, 3.8) is 0 Å². The topological polar surface area (TPSA) is 41.1 Å². The highest BCUT2D eigenvalue weighted by Crippen LogP contribution is 2.08. The second kappa shape index (κ2) is 6.53. The van der Waals surface area contributed by atoms with E-state index >= 15 is 0 Å². The number of rotatable bonds is 3. The van der Waals surface area contributed by atoms with Crippen LogP contribution in [-0.4, -0.2) is 6.03 Å². The lowest BCUT2D eigenvalue weighted by atomic mass is 10.2. The molecule has 3 nitrogen and oxygen atoms in total. The van der Waals surface area contributed by atoms with E-state index in [2.05, 4.69) is 10.6 Å². The third kappa shape index (κ3) is 5.02. The quantitative estimate of drug-likeness (QED) is 0.765. The molecule has 0 unspecified atom stereocenters. The van der Waals surface area contributed by atoms with E-state index in [1.165, 1.54) is 5.56 Å². The van der Waals surface area contributed by atoms with E-state index in [1.807, 2.05) is 63.3 Å². The molecule has 1 aromatic carbocycles. The lowest BCUT2D eigenvalue weighted by molar-refractivity contribution is 0.254. The molecule has 2 amide bonds. The van der Waals surface area contributed by atoms with Gasteiger partial charge in [0.25, 0.3) is 0 Å². The molecule has 1 rings (SSSR count). The van der Waals surface area contributed by atoms with E-state index < -0.39 is 0 Å². The second-order valence-corrected chi connectivity index (χ2v) is 3.82. The Balaban J connectivity index is 2.52. The number of hydrogen-bond donors (Lipinski definition) is 2. The first-order chi connectivity index (χ1) is 8.11. The van der Waals surface area contributed by atoms with Crippen LogP contribution >= 0.6 is 0 Å². The van der Waals surface area contributed by atoms with Crippen LogP contribution < -0.4 is 10.6 Å². The van der Waals surface area contributed by atoms with Gasteiger partial charge in [-0.3, -0.25) is 0 Å². The van der Waals surface area contributed by atoms with E-state index in [9.17, 15) is 4.79 Å². The summed E-state index contributed by atoms with van der Waals surface area (Å²) < 4.78 is 0. The van der Waals surface area contributed by atoms with Gasteiger partial charge in [0.05, 0.1) is 0 Å². The Labute approximate surface area is 102 Å². The minimum Gasteiger partial charge on any atom is -0.312 e. The van der Waals surface area contributed by atoms with Gasteiger partial charge in [-0.15, -0.1) is 0 Å². The number of amides is 2. The number of nitrogens with one attached hydrogen (secondary N) is 2. The van der Waals surface area contributed by atoms with E-state index in [1.54, 1.807) is 0 Å². The van der Waals surface area contributed by atoms with Crippen molar-refractivity contribution in [2.75, 3.05) is 5.32 Å². The van der Waals surface area contributed by atoms with Crippen LogP contribution in [0.3, 0.4) is 0 Å². The Bertz CT molecular complexity index is 430. The smallest absolute Gasteiger partial charge is 0.312 e. The van der Waals surface area contributed by atoms with Gasteiger partial charge in [0, 0.05) is 11.4 Å². The second-order valence-electron chi connectivity index (χ2n) is 3.82. The Morgan fingerprint density at radius 1 is 1.24 bits per heavy atom. The van der Waals surface area contributed by atoms with Gasteiger partial charge in [-0.1, -0.05) is 29.8 Å². The molecule has 0 atom stereocenters. The molecule has 0 aliphatic heterocycles. The highest BCUT2D eigenvalue weighted by Gasteiger charge is 2.00. The summed E-state index contributed by atoms with van der Waals surface area (Å²) in [6.07, 6.45) is 5.62. The Hall–Kier alpha value is -2.03. The number of aryl methyl sites for hydroxylation is 1. The van der Waals surface area contributed by atoms with Gasteiger partial charge in [0.2, 0.25) is 0 Å². The number of urea groups is 1. The number of allylic oxidation sites excluding steroid dienone is 4. The van der Waals surface area contributed by atoms with Crippen LogP contribution in [0.25, 0.3) is 0 Å². The zero-order valence-corrected chi connectivity index (χ0v) is 10.4. The molecule has 0 spiro atoms. The average molecular weight is 230 g/mol. The lowest BCUT2D eigenvalue weighted by Crippen LogP contribution is -2.26. The molecular formula is C14H18N2O. The summed E-state index contributed by atoms with van der Waals surface area (Å²) in [5.41, 5.74) is 2.75. The van der Waals surface area contributed by atoms with Crippen molar-refractivity contribution in [3.8, 4) is 0 Å². The van der Waals surface area contributed by atoms with Gasteiger partial charge in [-0.2, -0.15) is 0 Å². The molecular weight excluding hydrogens is 212 g/mol. The molecule has 0 radical (unpaired) electrons. The lowest BCUT2D eigenvalue weighted by Gasteiger charge is -2.07. The summed E-state index contributed by atoms with van der Waals surface area (Å²) in [5, 5.41) is 5.50. The van der Waals surface area contributed by atoms with Gasteiger partial charge in [0.1, 0.15) is 0 Å². The van der Waals surface area contributed by atoms with Gasteiger partial charge >= 0.3 is 6.03 Å². The van der Waals surface area contributed by atoms with Gasteiger partial charge < -0.3 is 10.6 Å². The molecule has 0 aliphatic carbocycles. The summed E-state index contributed by atoms with van der Waals surface area (Å²) in [6.45, 7) is 5.78. The first-order valence-corrected chi connectivity index (χ1v) is 5.56. The minimum atomic E-state index is -0.230. The van der Waals surface area contributed by atoms with Crippen molar-refractivity contribution in [2.24, 2.45) is 0 Å². The summed E-state index contributed by atoms with van der Waals surface area (Å²) in [4.78, 5) is 11.6. The standard InChI is InChI=1S/C14H18N2O/c1-4-5-6-12(3)15-14(17)16-13-9-7-11(2)8-10-13/h4-10H,1-3H3,(H2,15,16,17)/b5-4-,12-6+. The normalized spacial score (nSPS) is 11.6. The average Bonchev–Trinajstić information content (AvgIpc) is 2.29. The van der Waals surface area contributed by atoms with Crippen molar-refractivity contribution < 1.29 is 4.79 Å². The third-order valence-corrected chi connectivity index (χ3v) is 2.16. The first-order valence-electron chi connectivity index (χ1n) is 5.56. The molecule has 0 saturated heterocycles. The summed E-state index contributed by atoms with van der Waals surface area (Å²) >= 11 is 0. The zero-order valence-electron chi connectivity index (χ0n) is 10.4. The maximum Gasteiger partial charge on any atom is 0.323 e. The van der Waals surface area contributed by atoms with Gasteiger partial charge in [-0.05, 0) is 39.0 Å². The molecule has 0 bridgehead atoms. The third-order valence-electron chi connectivity index (χ3n) is 2.16. The number of anilines is 1. The van der Waals surface area contributed by atoms with Crippen LogP contribution in [0.2, 0.25) is 0 Å². The van der Waals surface area contributed by atoms with Crippen molar-refractivity contribution in [1.29, 1.82) is 0 Å². The number of carbonyl (C=O) groups excluding carboxylic acids is 1. The molecule has 0 aromatic heterocycles. The van der Waals surface area contributed by atoms with Crippen LogP contribution in [0.1, 0.15) is 19.4 Å². The Kier molecular flexibility index (Phi) is 5.01. The van der Waals surface area contributed by atoms with Gasteiger partial charge in [-0.25, -0.2) is 4.79 Å². The van der Waals surface area contributed by atoms with E-state index in [4.69, 9.17) is 0 Å². The largest absolute Gasteiger partial charge is 0.323 e. The fourth-order valence-electron chi connectivity index (χ4n) is 1.26. The number of carbonyl (C=O) groups is 1. The predicted octanol–water partition coefficient (Wildman–Crippen LogP) is 3.60. The molecule has 3 heteroatoms. The van der Waals surface area contributed by atoms with Crippen LogP contribution in [0, 0.1) is 6.92 Å². The highest BCUT2D eigenvalue weighted by molar-refractivity contribution is 5.90. The zero-order chi connectivity index (χ0) is 12.7. The van der Waals surface area contributed by atoms with Crippen molar-refractivity contribution in [1.82, 2.24) is 5.32 Å². The van der Waals surface area contributed by atoms with E-state index in [0.29, 0.717) is 0 Å². The van der Waals surface area contributed by atoms with Crippen LogP contribution in [0.5, 0.6) is 0 Å². The number of hydrogen-bond acceptors (Lipinski definition) is 1. The molecule has 2 N–H and O–H groups in total. The number of benzene rings is 1. The fourth-order valence-corrected chi connectivity index (χ4v) is 1.26. The molecule has 17 heavy (non-hydrogen) atoms. The molecule has 0 fully saturated rings. The fraction of sp³-hybridized carbons (Fsp3) is 0.214. The van der Waals surface area contributed by atoms with Crippen LogP contribution in [0.4, 0.5) is 10.5 Å². The monoisotopic (exact) mass is 230 g/mol. The molecule has 90 valence electrons. The van der Waals surface area contributed by atoms with Crippen molar-refractivity contribution >= 4 is 11.7 Å². The maximum atomic E-state index is 11.6. The maximum absolute atomic E-state index is 11.6. The van der Waals surface area contributed by atoms with Crippen molar-refractivity contribution in [2.45, 2.75) is 20.8 Å². The van der Waals surface area contributed by atoms with E-state index in [-0.39, 0.29) is 6.03 Å². The molecule has 0 heterocycles. The predicted molar refractivity (Wildman–Crippen MR) is 71.9 cm³/mol. The minimum absolute atomic E-state index is 0.230. The summed E-state index contributed by atoms with van der Waals surface area (Å²) in [7, 11) is 0. The van der Waals surface area contributed by atoms with Crippen LogP contribution in [-0.2, 0) is 0 Å². The Morgan fingerprint density at radius 3 is 2.47 bits per heavy atom. The first kappa shape index (κ1) is 13.0.